The van der Waals surface area contributed by atoms with Gasteiger partial charge >= 0.3 is 6.03 Å². The smallest absolute Gasteiger partial charge is 0.329 e. The molecule has 180 valence electrons. The standard InChI is InChI=1S/C27H34N4O3/c32-26-25(24-9-5-2-6-10-24)30(20-22-7-3-1-4-8-22)27(33)31(26)21-29-13-11-23(12-14-29)19-28-15-17-34-18-16-28/h1-10,23,25H,11-21H2. The van der Waals surface area contributed by atoms with Gasteiger partial charge in [0.05, 0.1) is 19.9 Å². The summed E-state index contributed by atoms with van der Waals surface area (Å²) in [4.78, 5) is 35.0. The van der Waals surface area contributed by atoms with Gasteiger partial charge < -0.3 is 9.64 Å². The summed E-state index contributed by atoms with van der Waals surface area (Å²) in [5.74, 6) is 0.550. The van der Waals surface area contributed by atoms with E-state index < -0.39 is 6.04 Å². The Bertz CT molecular complexity index is 956. The maximum atomic E-state index is 13.5. The van der Waals surface area contributed by atoms with Crippen LogP contribution in [0, 0.1) is 5.92 Å². The molecule has 3 aliphatic rings. The largest absolute Gasteiger partial charge is 0.379 e. The number of morpholine rings is 1. The lowest BCUT2D eigenvalue weighted by Gasteiger charge is -2.36. The second-order valence-electron chi connectivity index (χ2n) is 9.59. The average Bonchev–Trinajstić information content (AvgIpc) is 3.11. The Morgan fingerprint density at radius 1 is 0.794 bits per heavy atom. The predicted octanol–water partition coefficient (Wildman–Crippen LogP) is 3.19. The van der Waals surface area contributed by atoms with Gasteiger partial charge in [-0.25, -0.2) is 9.69 Å². The summed E-state index contributed by atoms with van der Waals surface area (Å²) in [6.45, 7) is 7.46. The number of nitrogens with zero attached hydrogens (tertiary/aromatic N) is 4. The van der Waals surface area contributed by atoms with Gasteiger partial charge in [-0.3, -0.25) is 14.6 Å². The van der Waals surface area contributed by atoms with Gasteiger partial charge in [0, 0.05) is 39.3 Å². The quantitative estimate of drug-likeness (QED) is 0.592. The Hall–Kier alpha value is -2.74. The van der Waals surface area contributed by atoms with Crippen molar-refractivity contribution < 1.29 is 14.3 Å². The molecule has 1 atom stereocenters. The number of piperidine rings is 1. The van der Waals surface area contributed by atoms with Crippen molar-refractivity contribution >= 4 is 11.9 Å². The number of hydrogen-bond donors (Lipinski definition) is 0. The lowest BCUT2D eigenvalue weighted by molar-refractivity contribution is -0.130. The third kappa shape index (κ3) is 5.17. The molecule has 3 fully saturated rings. The van der Waals surface area contributed by atoms with Crippen LogP contribution in [0.4, 0.5) is 4.79 Å². The fourth-order valence-corrected chi connectivity index (χ4v) is 5.33. The first-order valence-electron chi connectivity index (χ1n) is 12.4. The molecule has 0 bridgehead atoms. The van der Waals surface area contributed by atoms with Crippen LogP contribution in [0.5, 0.6) is 0 Å². The molecule has 1 unspecified atom stereocenters. The summed E-state index contributed by atoms with van der Waals surface area (Å²) in [6, 6.07) is 18.8. The highest BCUT2D eigenvalue weighted by atomic mass is 16.5. The predicted molar refractivity (Wildman–Crippen MR) is 130 cm³/mol. The Balaban J connectivity index is 1.24. The van der Waals surface area contributed by atoms with E-state index in [0.29, 0.717) is 19.1 Å². The van der Waals surface area contributed by atoms with Crippen LogP contribution in [-0.4, -0.2) is 84.1 Å². The molecule has 0 aromatic heterocycles. The van der Waals surface area contributed by atoms with Gasteiger partial charge in [0.25, 0.3) is 5.91 Å². The second kappa shape index (κ2) is 10.7. The van der Waals surface area contributed by atoms with Crippen LogP contribution in [0.1, 0.15) is 30.0 Å². The Labute approximate surface area is 201 Å². The van der Waals surface area contributed by atoms with Crippen molar-refractivity contribution in [3.05, 3.63) is 71.8 Å². The molecule has 0 N–H and O–H groups in total. The minimum Gasteiger partial charge on any atom is -0.379 e. The Kier molecular flexibility index (Phi) is 7.23. The number of ether oxygens (including phenoxy) is 1. The van der Waals surface area contributed by atoms with Crippen molar-refractivity contribution in [1.29, 1.82) is 0 Å². The van der Waals surface area contributed by atoms with Crippen LogP contribution in [0.3, 0.4) is 0 Å². The molecular formula is C27H34N4O3. The minimum atomic E-state index is -0.576. The second-order valence-corrected chi connectivity index (χ2v) is 9.59. The summed E-state index contributed by atoms with van der Waals surface area (Å²) in [6.07, 6.45) is 2.20. The molecule has 3 amide bonds. The number of urea groups is 1. The van der Waals surface area contributed by atoms with Gasteiger partial charge in [-0.1, -0.05) is 60.7 Å². The highest BCUT2D eigenvalue weighted by molar-refractivity contribution is 6.04. The first-order valence-corrected chi connectivity index (χ1v) is 12.4. The maximum Gasteiger partial charge on any atom is 0.329 e. The van der Waals surface area contributed by atoms with Crippen molar-refractivity contribution in [2.24, 2.45) is 5.92 Å². The van der Waals surface area contributed by atoms with Crippen molar-refractivity contribution in [2.75, 3.05) is 52.6 Å². The van der Waals surface area contributed by atoms with Crippen molar-refractivity contribution in [3.63, 3.8) is 0 Å². The van der Waals surface area contributed by atoms with Crippen molar-refractivity contribution in [3.8, 4) is 0 Å². The van der Waals surface area contributed by atoms with E-state index in [4.69, 9.17) is 4.74 Å². The van der Waals surface area contributed by atoms with Crippen LogP contribution in [0.2, 0.25) is 0 Å². The molecule has 0 saturated carbocycles. The van der Waals surface area contributed by atoms with Crippen molar-refractivity contribution in [2.45, 2.75) is 25.4 Å². The highest BCUT2D eigenvalue weighted by Gasteiger charge is 2.46. The first kappa shape index (κ1) is 23.0. The summed E-state index contributed by atoms with van der Waals surface area (Å²) < 4.78 is 5.46. The van der Waals surface area contributed by atoms with E-state index in [-0.39, 0.29) is 11.9 Å². The number of carbonyl (C=O) groups excluding carboxylic acids is 2. The molecule has 3 aliphatic heterocycles. The van der Waals surface area contributed by atoms with E-state index in [2.05, 4.69) is 9.80 Å². The molecule has 0 spiro atoms. The highest BCUT2D eigenvalue weighted by Crippen LogP contribution is 2.33. The van der Waals surface area contributed by atoms with E-state index in [1.807, 2.05) is 60.7 Å². The van der Waals surface area contributed by atoms with Crippen LogP contribution in [0.15, 0.2) is 60.7 Å². The van der Waals surface area contributed by atoms with E-state index in [1.165, 1.54) is 4.90 Å². The van der Waals surface area contributed by atoms with Gasteiger partial charge in [-0.15, -0.1) is 0 Å². The monoisotopic (exact) mass is 462 g/mol. The number of rotatable bonds is 7. The molecule has 2 aromatic carbocycles. The molecule has 0 radical (unpaired) electrons. The Morgan fingerprint density at radius 3 is 2.12 bits per heavy atom. The van der Waals surface area contributed by atoms with Gasteiger partial charge in [0.15, 0.2) is 0 Å². The van der Waals surface area contributed by atoms with Crippen LogP contribution < -0.4 is 0 Å². The number of imide groups is 1. The topological polar surface area (TPSA) is 56.3 Å². The summed E-state index contributed by atoms with van der Waals surface area (Å²) in [5.41, 5.74) is 1.89. The van der Waals surface area contributed by atoms with Crippen molar-refractivity contribution in [1.82, 2.24) is 19.6 Å². The summed E-state index contributed by atoms with van der Waals surface area (Å²) >= 11 is 0. The number of amides is 3. The van der Waals surface area contributed by atoms with E-state index in [0.717, 1.165) is 69.9 Å². The normalized spacial score (nSPS) is 23.1. The molecule has 7 heteroatoms. The van der Waals surface area contributed by atoms with Crippen LogP contribution in [-0.2, 0) is 16.1 Å². The lowest BCUT2D eigenvalue weighted by Crippen LogP contribution is -2.47. The molecule has 5 rings (SSSR count). The SMILES string of the molecule is O=C1C(c2ccccc2)N(Cc2ccccc2)C(=O)N1CN1CCC(CN2CCOCC2)CC1. The van der Waals surface area contributed by atoms with E-state index in [1.54, 1.807) is 4.90 Å². The molecule has 0 aliphatic carbocycles. The average molecular weight is 463 g/mol. The molecule has 2 aromatic rings. The molecule has 7 nitrogen and oxygen atoms in total. The molecule has 3 saturated heterocycles. The molecule has 34 heavy (non-hydrogen) atoms. The lowest BCUT2D eigenvalue weighted by atomic mass is 9.96. The summed E-state index contributed by atoms with van der Waals surface area (Å²) in [7, 11) is 0. The van der Waals surface area contributed by atoms with Gasteiger partial charge in [-0.05, 0) is 29.9 Å². The minimum absolute atomic E-state index is 0.123. The summed E-state index contributed by atoms with van der Waals surface area (Å²) in [5, 5.41) is 0. The number of likely N-dealkylation sites (tertiary alicyclic amines) is 1. The molecular weight excluding hydrogens is 428 g/mol. The zero-order chi connectivity index (χ0) is 23.3. The fraction of sp³-hybridized carbons (Fsp3) is 0.481. The first-order chi connectivity index (χ1) is 16.7. The molecule has 3 heterocycles. The number of hydrogen-bond acceptors (Lipinski definition) is 5. The van der Waals surface area contributed by atoms with Gasteiger partial charge in [-0.2, -0.15) is 0 Å². The van der Waals surface area contributed by atoms with Gasteiger partial charge in [0.2, 0.25) is 0 Å². The maximum absolute atomic E-state index is 13.5. The zero-order valence-electron chi connectivity index (χ0n) is 19.7. The van der Waals surface area contributed by atoms with Crippen LogP contribution >= 0.6 is 0 Å². The van der Waals surface area contributed by atoms with E-state index >= 15 is 0 Å². The fourth-order valence-electron chi connectivity index (χ4n) is 5.33. The number of carbonyl (C=O) groups is 2. The van der Waals surface area contributed by atoms with Crippen LogP contribution in [0.25, 0.3) is 0 Å². The van der Waals surface area contributed by atoms with E-state index in [9.17, 15) is 9.59 Å². The third-order valence-corrected chi connectivity index (χ3v) is 7.27. The zero-order valence-corrected chi connectivity index (χ0v) is 19.7. The third-order valence-electron chi connectivity index (χ3n) is 7.27. The van der Waals surface area contributed by atoms with Gasteiger partial charge in [0.1, 0.15) is 6.04 Å². The number of benzene rings is 2. The Morgan fingerprint density at radius 2 is 1.44 bits per heavy atom.